The van der Waals surface area contributed by atoms with Crippen LogP contribution in [0.4, 0.5) is 4.39 Å². The Hall–Kier alpha value is -3.10. The normalized spacial score (nSPS) is 12.1. The van der Waals surface area contributed by atoms with Crippen molar-refractivity contribution in [1.82, 2.24) is 35.1 Å². The number of tetrazole rings is 1. The summed E-state index contributed by atoms with van der Waals surface area (Å²) in [5.41, 5.74) is 0.601. The quantitative estimate of drug-likeness (QED) is 0.738. The summed E-state index contributed by atoms with van der Waals surface area (Å²) in [5, 5.41) is 13.4. The number of nitrogens with one attached hydrogen (secondary N) is 1. The molecule has 1 amide bonds. The van der Waals surface area contributed by atoms with Gasteiger partial charge in [-0.1, -0.05) is 12.1 Å². The summed E-state index contributed by atoms with van der Waals surface area (Å²) in [7, 11) is 1.81. The van der Waals surface area contributed by atoms with Crippen molar-refractivity contribution in [3.05, 3.63) is 60.2 Å². The number of imidazole rings is 1. The minimum atomic E-state index is -0.574. The van der Waals surface area contributed by atoms with Crippen molar-refractivity contribution < 1.29 is 9.18 Å². The Balaban J connectivity index is 1.86. The fourth-order valence-electron chi connectivity index (χ4n) is 2.24. The Kier molecular flexibility index (Phi) is 4.09. The highest BCUT2D eigenvalue weighted by Crippen LogP contribution is 2.21. The molecule has 0 aliphatic heterocycles. The van der Waals surface area contributed by atoms with E-state index in [1.807, 2.05) is 7.05 Å². The van der Waals surface area contributed by atoms with Crippen LogP contribution in [-0.4, -0.2) is 35.7 Å². The van der Waals surface area contributed by atoms with Crippen LogP contribution >= 0.6 is 0 Å². The number of hydrogen-bond acceptors (Lipinski definition) is 5. The summed E-state index contributed by atoms with van der Waals surface area (Å²) in [6.07, 6.45) is 4.72. The lowest BCUT2D eigenvalue weighted by atomic mass is 10.1. The average Bonchev–Trinajstić information content (AvgIpc) is 3.16. The van der Waals surface area contributed by atoms with E-state index in [4.69, 9.17) is 0 Å². The first-order valence-electron chi connectivity index (χ1n) is 6.86. The zero-order valence-corrected chi connectivity index (χ0v) is 12.3. The standard InChI is InChI=1S/C14H14FN7O/c1-21-6-5-16-14(21)13(10-3-2-4-11(15)7-10)18-12(23)8-22-9-17-19-20-22/h2-7,9,13H,8H2,1H3,(H,18,23). The van der Waals surface area contributed by atoms with Gasteiger partial charge in [0.2, 0.25) is 5.91 Å². The lowest BCUT2D eigenvalue weighted by Gasteiger charge is -2.19. The molecule has 0 fully saturated rings. The summed E-state index contributed by atoms with van der Waals surface area (Å²) in [6.45, 7) is -0.0385. The maximum atomic E-state index is 13.5. The summed E-state index contributed by atoms with van der Waals surface area (Å²) in [4.78, 5) is 16.5. The van der Waals surface area contributed by atoms with E-state index < -0.39 is 6.04 Å². The number of amides is 1. The first-order valence-corrected chi connectivity index (χ1v) is 6.86. The van der Waals surface area contributed by atoms with Crippen molar-refractivity contribution in [3.8, 4) is 0 Å². The molecule has 0 radical (unpaired) electrons. The van der Waals surface area contributed by atoms with Gasteiger partial charge in [0.05, 0.1) is 0 Å². The van der Waals surface area contributed by atoms with Crippen LogP contribution in [0.3, 0.4) is 0 Å². The molecule has 0 bridgehead atoms. The van der Waals surface area contributed by atoms with E-state index >= 15 is 0 Å². The molecule has 1 aromatic carbocycles. The molecule has 23 heavy (non-hydrogen) atoms. The van der Waals surface area contributed by atoms with Gasteiger partial charge in [-0.2, -0.15) is 0 Å². The minimum absolute atomic E-state index is 0.0385. The molecule has 3 aromatic rings. The fourth-order valence-corrected chi connectivity index (χ4v) is 2.24. The van der Waals surface area contributed by atoms with Gasteiger partial charge >= 0.3 is 0 Å². The largest absolute Gasteiger partial charge is 0.340 e. The van der Waals surface area contributed by atoms with Gasteiger partial charge in [0.1, 0.15) is 30.6 Å². The van der Waals surface area contributed by atoms with Crippen LogP contribution in [0, 0.1) is 5.82 Å². The molecule has 0 saturated carbocycles. The van der Waals surface area contributed by atoms with Gasteiger partial charge in [0, 0.05) is 19.4 Å². The van der Waals surface area contributed by atoms with E-state index in [0.29, 0.717) is 11.4 Å². The van der Waals surface area contributed by atoms with Crippen LogP contribution in [-0.2, 0) is 18.4 Å². The summed E-state index contributed by atoms with van der Waals surface area (Å²) in [6, 6.07) is 5.47. The number of carbonyl (C=O) groups is 1. The number of rotatable bonds is 5. The predicted molar refractivity (Wildman–Crippen MR) is 77.4 cm³/mol. The van der Waals surface area contributed by atoms with Gasteiger partial charge in [0.15, 0.2) is 0 Å². The van der Waals surface area contributed by atoms with Crippen molar-refractivity contribution in [2.45, 2.75) is 12.6 Å². The van der Waals surface area contributed by atoms with E-state index in [0.717, 1.165) is 0 Å². The number of halogens is 1. The number of aromatic nitrogens is 6. The predicted octanol–water partition coefficient (Wildman–Crippen LogP) is 0.451. The smallest absolute Gasteiger partial charge is 0.242 e. The first-order chi connectivity index (χ1) is 11.1. The summed E-state index contributed by atoms with van der Waals surface area (Å²) >= 11 is 0. The topological polar surface area (TPSA) is 90.5 Å². The van der Waals surface area contributed by atoms with E-state index in [9.17, 15) is 9.18 Å². The van der Waals surface area contributed by atoms with E-state index in [1.54, 1.807) is 29.1 Å². The molecule has 1 atom stereocenters. The lowest BCUT2D eigenvalue weighted by Crippen LogP contribution is -2.33. The van der Waals surface area contributed by atoms with Gasteiger partial charge in [-0.25, -0.2) is 14.1 Å². The lowest BCUT2D eigenvalue weighted by molar-refractivity contribution is -0.122. The van der Waals surface area contributed by atoms with Crippen LogP contribution in [0.2, 0.25) is 0 Å². The summed E-state index contributed by atoms with van der Waals surface area (Å²) < 4.78 is 16.6. The van der Waals surface area contributed by atoms with Crippen LogP contribution in [0.1, 0.15) is 17.4 Å². The molecule has 0 aliphatic rings. The zero-order valence-electron chi connectivity index (χ0n) is 12.3. The first kappa shape index (κ1) is 14.8. The number of benzene rings is 1. The Morgan fingerprint density at radius 2 is 2.30 bits per heavy atom. The third kappa shape index (κ3) is 3.39. The highest BCUT2D eigenvalue weighted by atomic mass is 19.1. The van der Waals surface area contributed by atoms with Crippen LogP contribution in [0.15, 0.2) is 43.0 Å². The molecule has 0 spiro atoms. The van der Waals surface area contributed by atoms with Crippen molar-refractivity contribution in [2.75, 3.05) is 0 Å². The molecular weight excluding hydrogens is 301 g/mol. The zero-order chi connectivity index (χ0) is 16.2. The Bertz CT molecular complexity index is 799. The van der Waals surface area contributed by atoms with E-state index in [2.05, 4.69) is 25.8 Å². The summed E-state index contributed by atoms with van der Waals surface area (Å²) in [5.74, 6) is -0.0911. The maximum Gasteiger partial charge on any atom is 0.242 e. The minimum Gasteiger partial charge on any atom is -0.340 e. The van der Waals surface area contributed by atoms with Gasteiger partial charge in [-0.3, -0.25) is 4.79 Å². The van der Waals surface area contributed by atoms with Crippen molar-refractivity contribution in [3.63, 3.8) is 0 Å². The van der Waals surface area contributed by atoms with Crippen molar-refractivity contribution in [2.24, 2.45) is 7.05 Å². The molecular formula is C14H14FN7O. The van der Waals surface area contributed by atoms with Gasteiger partial charge in [0.25, 0.3) is 0 Å². The molecule has 118 valence electrons. The Morgan fingerprint density at radius 3 is 2.96 bits per heavy atom. The second-order valence-electron chi connectivity index (χ2n) is 4.96. The second kappa shape index (κ2) is 6.34. The number of nitrogens with zero attached hydrogens (tertiary/aromatic N) is 6. The molecule has 3 rings (SSSR count). The molecule has 8 nitrogen and oxygen atoms in total. The monoisotopic (exact) mass is 315 g/mol. The Labute approximate surface area is 131 Å². The molecule has 2 heterocycles. The molecule has 1 N–H and O–H groups in total. The molecule has 0 saturated heterocycles. The Morgan fingerprint density at radius 1 is 1.43 bits per heavy atom. The second-order valence-corrected chi connectivity index (χ2v) is 4.96. The molecule has 0 aliphatic carbocycles. The fraction of sp³-hybridized carbons (Fsp3) is 0.214. The van der Waals surface area contributed by atoms with Crippen molar-refractivity contribution >= 4 is 5.91 Å². The van der Waals surface area contributed by atoms with Crippen LogP contribution in [0.5, 0.6) is 0 Å². The highest BCUT2D eigenvalue weighted by Gasteiger charge is 2.21. The van der Waals surface area contributed by atoms with Gasteiger partial charge in [-0.15, -0.1) is 5.10 Å². The van der Waals surface area contributed by atoms with E-state index in [-0.39, 0.29) is 18.3 Å². The number of aryl methyl sites for hydroxylation is 1. The highest BCUT2D eigenvalue weighted by molar-refractivity contribution is 5.76. The van der Waals surface area contributed by atoms with Gasteiger partial charge in [-0.05, 0) is 28.1 Å². The average molecular weight is 315 g/mol. The van der Waals surface area contributed by atoms with Crippen LogP contribution < -0.4 is 5.32 Å². The SMILES string of the molecule is Cn1ccnc1C(NC(=O)Cn1cnnn1)c1cccc(F)c1. The van der Waals surface area contributed by atoms with Crippen LogP contribution in [0.25, 0.3) is 0 Å². The number of carbonyl (C=O) groups excluding carboxylic acids is 1. The van der Waals surface area contributed by atoms with E-state index in [1.165, 1.54) is 23.1 Å². The molecule has 1 unspecified atom stereocenters. The van der Waals surface area contributed by atoms with Crippen molar-refractivity contribution in [1.29, 1.82) is 0 Å². The maximum absolute atomic E-state index is 13.5. The number of hydrogen-bond donors (Lipinski definition) is 1. The molecule has 2 aromatic heterocycles. The molecule has 9 heteroatoms. The van der Waals surface area contributed by atoms with Gasteiger partial charge < -0.3 is 9.88 Å². The third-order valence-corrected chi connectivity index (χ3v) is 3.30. The third-order valence-electron chi connectivity index (χ3n) is 3.30.